The van der Waals surface area contributed by atoms with Gasteiger partial charge >= 0.3 is 0 Å². The number of carbonyl (C=O) groups excluding carboxylic acids is 2. The first-order chi connectivity index (χ1) is 10.5. The molecule has 0 atom stereocenters. The Labute approximate surface area is 134 Å². The number of hydrogen-bond donors (Lipinski definition) is 2. The molecule has 0 aliphatic rings. The van der Waals surface area contributed by atoms with E-state index >= 15 is 0 Å². The van der Waals surface area contributed by atoms with Crippen LogP contribution in [0.1, 0.15) is 29.3 Å². The fourth-order valence-corrected chi connectivity index (χ4v) is 2.14. The van der Waals surface area contributed by atoms with Crippen molar-refractivity contribution in [1.29, 1.82) is 0 Å². The van der Waals surface area contributed by atoms with Crippen LogP contribution in [-0.2, 0) is 4.79 Å². The molecule has 0 saturated carbocycles. The molecule has 0 fully saturated rings. The molecular weight excluding hydrogens is 300 g/mol. The predicted molar refractivity (Wildman–Crippen MR) is 89.5 cm³/mol. The number of amides is 2. The Bertz CT molecular complexity index is 714. The summed E-state index contributed by atoms with van der Waals surface area (Å²) >= 11 is 6.01. The van der Waals surface area contributed by atoms with Crippen LogP contribution >= 0.6 is 11.6 Å². The first kappa shape index (κ1) is 16.0. The maximum absolute atomic E-state index is 12.2. The van der Waals surface area contributed by atoms with Crippen molar-refractivity contribution in [3.8, 4) is 0 Å². The van der Waals surface area contributed by atoms with Crippen LogP contribution in [0.3, 0.4) is 0 Å². The van der Waals surface area contributed by atoms with Gasteiger partial charge in [0.25, 0.3) is 5.91 Å². The van der Waals surface area contributed by atoms with E-state index in [1.54, 1.807) is 43.3 Å². The number of aryl methyl sites for hydroxylation is 1. The lowest BCUT2D eigenvalue weighted by Crippen LogP contribution is -2.14. The normalized spacial score (nSPS) is 10.1. The van der Waals surface area contributed by atoms with Crippen molar-refractivity contribution in [3.63, 3.8) is 0 Å². The number of rotatable bonds is 4. The summed E-state index contributed by atoms with van der Waals surface area (Å²) < 4.78 is 0. The molecule has 4 nitrogen and oxygen atoms in total. The van der Waals surface area contributed by atoms with E-state index < -0.39 is 0 Å². The zero-order valence-electron chi connectivity index (χ0n) is 12.4. The van der Waals surface area contributed by atoms with Crippen LogP contribution in [-0.4, -0.2) is 11.8 Å². The lowest BCUT2D eigenvalue weighted by molar-refractivity contribution is -0.115. The van der Waals surface area contributed by atoms with Crippen molar-refractivity contribution in [2.24, 2.45) is 0 Å². The largest absolute Gasteiger partial charge is 0.326 e. The zero-order chi connectivity index (χ0) is 16.1. The van der Waals surface area contributed by atoms with Crippen LogP contribution in [0.5, 0.6) is 0 Å². The minimum atomic E-state index is -0.290. The number of benzene rings is 2. The molecule has 2 aromatic rings. The van der Waals surface area contributed by atoms with Crippen molar-refractivity contribution in [2.75, 3.05) is 10.6 Å². The fourth-order valence-electron chi connectivity index (χ4n) is 1.92. The topological polar surface area (TPSA) is 58.2 Å². The highest BCUT2D eigenvalue weighted by Gasteiger charge is 2.11. The van der Waals surface area contributed by atoms with Gasteiger partial charge in [-0.25, -0.2) is 0 Å². The van der Waals surface area contributed by atoms with E-state index in [0.29, 0.717) is 28.4 Å². The highest BCUT2D eigenvalue weighted by molar-refractivity contribution is 6.34. The molecule has 0 saturated heterocycles. The first-order valence-corrected chi connectivity index (χ1v) is 7.35. The van der Waals surface area contributed by atoms with Crippen LogP contribution < -0.4 is 10.6 Å². The Kier molecular flexibility index (Phi) is 5.17. The summed E-state index contributed by atoms with van der Waals surface area (Å²) in [4.78, 5) is 23.7. The van der Waals surface area contributed by atoms with E-state index in [1.807, 2.05) is 13.0 Å². The molecule has 0 heterocycles. The Hall–Kier alpha value is -2.33. The zero-order valence-corrected chi connectivity index (χ0v) is 13.2. The van der Waals surface area contributed by atoms with E-state index in [9.17, 15) is 9.59 Å². The summed E-state index contributed by atoms with van der Waals surface area (Å²) in [6.07, 6.45) is 0.398. The van der Waals surface area contributed by atoms with Crippen LogP contribution in [0.2, 0.25) is 5.02 Å². The number of hydrogen-bond acceptors (Lipinski definition) is 2. The van der Waals surface area contributed by atoms with Gasteiger partial charge in [0, 0.05) is 17.8 Å². The van der Waals surface area contributed by atoms with E-state index in [2.05, 4.69) is 10.6 Å². The average Bonchev–Trinajstić information content (AvgIpc) is 2.50. The summed E-state index contributed by atoms with van der Waals surface area (Å²) in [7, 11) is 0. The van der Waals surface area contributed by atoms with Gasteiger partial charge < -0.3 is 10.6 Å². The lowest BCUT2D eigenvalue weighted by Gasteiger charge is -2.11. The molecule has 2 amide bonds. The van der Waals surface area contributed by atoms with Crippen molar-refractivity contribution in [3.05, 3.63) is 58.6 Å². The van der Waals surface area contributed by atoms with Gasteiger partial charge in [0.1, 0.15) is 0 Å². The summed E-state index contributed by atoms with van der Waals surface area (Å²) in [5, 5.41) is 5.99. The number of anilines is 2. The van der Waals surface area contributed by atoms with Crippen molar-refractivity contribution >= 4 is 34.8 Å². The molecule has 2 N–H and O–H groups in total. The summed E-state index contributed by atoms with van der Waals surface area (Å²) in [5.74, 6) is -0.361. The smallest absolute Gasteiger partial charge is 0.257 e. The maximum atomic E-state index is 12.2. The van der Waals surface area contributed by atoms with Gasteiger partial charge in [-0.2, -0.15) is 0 Å². The van der Waals surface area contributed by atoms with Gasteiger partial charge in [0.15, 0.2) is 0 Å². The Morgan fingerprint density at radius 2 is 1.82 bits per heavy atom. The molecule has 22 heavy (non-hydrogen) atoms. The van der Waals surface area contributed by atoms with E-state index in [4.69, 9.17) is 11.6 Å². The quantitative estimate of drug-likeness (QED) is 0.886. The highest BCUT2D eigenvalue weighted by Crippen LogP contribution is 2.22. The van der Waals surface area contributed by atoms with Gasteiger partial charge in [0.05, 0.1) is 10.6 Å². The molecule has 2 aromatic carbocycles. The van der Waals surface area contributed by atoms with Gasteiger partial charge in [-0.1, -0.05) is 36.7 Å². The van der Waals surface area contributed by atoms with Gasteiger partial charge in [-0.3, -0.25) is 9.59 Å². The second kappa shape index (κ2) is 7.09. The molecule has 0 radical (unpaired) electrons. The molecule has 2 rings (SSSR count). The monoisotopic (exact) mass is 316 g/mol. The summed E-state index contributed by atoms with van der Waals surface area (Å²) in [6.45, 7) is 3.68. The van der Waals surface area contributed by atoms with E-state index in [1.165, 1.54) is 0 Å². The fraction of sp³-hybridized carbons (Fsp3) is 0.176. The van der Waals surface area contributed by atoms with Crippen molar-refractivity contribution in [2.45, 2.75) is 20.3 Å². The third kappa shape index (κ3) is 3.86. The number of nitrogens with one attached hydrogen (secondary N) is 2. The van der Waals surface area contributed by atoms with Gasteiger partial charge in [-0.05, 0) is 36.8 Å². The van der Waals surface area contributed by atoms with Gasteiger partial charge in [0.2, 0.25) is 5.91 Å². The maximum Gasteiger partial charge on any atom is 0.257 e. The lowest BCUT2D eigenvalue weighted by atomic mass is 10.1. The summed E-state index contributed by atoms with van der Waals surface area (Å²) in [5.41, 5.74) is 2.62. The third-order valence-corrected chi connectivity index (χ3v) is 3.54. The second-order valence-electron chi connectivity index (χ2n) is 4.87. The van der Waals surface area contributed by atoms with E-state index in [-0.39, 0.29) is 11.8 Å². The van der Waals surface area contributed by atoms with Gasteiger partial charge in [-0.15, -0.1) is 0 Å². The standard InChI is InChI=1S/C17H17ClN2O2/c1-3-16(21)20-15-10-12(9-8-11(15)2)19-17(22)13-6-4-5-7-14(13)18/h4-10H,3H2,1-2H3,(H,19,22)(H,20,21). The third-order valence-electron chi connectivity index (χ3n) is 3.21. The average molecular weight is 317 g/mol. The molecule has 0 aliphatic carbocycles. The Morgan fingerprint density at radius 1 is 1.09 bits per heavy atom. The second-order valence-corrected chi connectivity index (χ2v) is 5.27. The molecule has 114 valence electrons. The molecule has 0 spiro atoms. The minimum absolute atomic E-state index is 0.0716. The number of halogens is 1. The molecule has 5 heteroatoms. The Morgan fingerprint density at radius 3 is 2.50 bits per heavy atom. The van der Waals surface area contributed by atoms with E-state index in [0.717, 1.165) is 5.56 Å². The highest BCUT2D eigenvalue weighted by atomic mass is 35.5. The molecule has 0 bridgehead atoms. The van der Waals surface area contributed by atoms with Crippen molar-refractivity contribution < 1.29 is 9.59 Å². The first-order valence-electron chi connectivity index (χ1n) is 6.97. The van der Waals surface area contributed by atoms with Crippen LogP contribution in [0.25, 0.3) is 0 Å². The molecule has 0 unspecified atom stereocenters. The SMILES string of the molecule is CCC(=O)Nc1cc(NC(=O)c2ccccc2Cl)ccc1C. The van der Waals surface area contributed by atoms with Crippen LogP contribution in [0.15, 0.2) is 42.5 Å². The molecule has 0 aromatic heterocycles. The van der Waals surface area contributed by atoms with Crippen LogP contribution in [0, 0.1) is 6.92 Å². The molecule has 0 aliphatic heterocycles. The Balaban J connectivity index is 2.20. The van der Waals surface area contributed by atoms with Crippen LogP contribution in [0.4, 0.5) is 11.4 Å². The minimum Gasteiger partial charge on any atom is -0.326 e. The number of carbonyl (C=O) groups is 2. The summed E-state index contributed by atoms with van der Waals surface area (Å²) in [6, 6.07) is 12.2. The van der Waals surface area contributed by atoms with Crippen molar-refractivity contribution in [1.82, 2.24) is 0 Å². The molecular formula is C17H17ClN2O2. The predicted octanol–water partition coefficient (Wildman–Crippen LogP) is 4.25.